The summed E-state index contributed by atoms with van der Waals surface area (Å²) >= 11 is 0. The second kappa shape index (κ2) is 4.64. The van der Waals surface area contributed by atoms with Crippen LogP contribution < -0.4 is 5.32 Å². The van der Waals surface area contributed by atoms with Crippen molar-refractivity contribution in [3.8, 4) is 5.69 Å². The van der Waals surface area contributed by atoms with E-state index >= 15 is 0 Å². The summed E-state index contributed by atoms with van der Waals surface area (Å²) in [6.45, 7) is 3.15. The first kappa shape index (κ1) is 9.77. The Morgan fingerprint density at radius 1 is 1.33 bits per heavy atom. The molecular weight excluding hydrogens is 186 g/mol. The predicted octanol–water partition coefficient (Wildman–Crippen LogP) is 2.69. The molecule has 0 amide bonds. The summed E-state index contributed by atoms with van der Waals surface area (Å²) in [6.07, 6.45) is 6.67. The lowest BCUT2D eigenvalue weighted by Gasteiger charge is -2.11. The van der Waals surface area contributed by atoms with Gasteiger partial charge >= 0.3 is 0 Å². The minimum Gasteiger partial charge on any atom is -0.383 e. The number of hydrogen-bond acceptors (Lipinski definition) is 2. The van der Waals surface area contributed by atoms with Crippen LogP contribution in [-0.2, 0) is 0 Å². The summed E-state index contributed by atoms with van der Waals surface area (Å²) < 4.78 is 2.01. The van der Waals surface area contributed by atoms with Crippen LogP contribution in [0.15, 0.2) is 43.0 Å². The first-order valence-corrected chi connectivity index (χ1v) is 5.23. The minimum atomic E-state index is 0.992. The number of nitrogens with one attached hydrogen (secondary N) is 1. The number of hydrogen-bond donors (Lipinski definition) is 1. The molecule has 3 heteroatoms. The zero-order valence-corrected chi connectivity index (χ0v) is 8.85. The van der Waals surface area contributed by atoms with Crippen LogP contribution in [0.4, 0.5) is 5.69 Å². The van der Waals surface area contributed by atoms with Gasteiger partial charge in [0, 0.05) is 18.9 Å². The molecule has 0 saturated heterocycles. The Kier molecular flexibility index (Phi) is 3.02. The quantitative estimate of drug-likeness (QED) is 0.824. The van der Waals surface area contributed by atoms with Crippen molar-refractivity contribution in [2.75, 3.05) is 11.9 Å². The number of aromatic nitrogens is 2. The molecule has 0 bridgehead atoms. The molecule has 0 saturated carbocycles. The Labute approximate surface area is 89.8 Å². The largest absolute Gasteiger partial charge is 0.383 e. The molecule has 1 aromatic carbocycles. The van der Waals surface area contributed by atoms with Crippen LogP contribution in [-0.4, -0.2) is 16.1 Å². The molecule has 0 radical (unpaired) electrons. The van der Waals surface area contributed by atoms with Gasteiger partial charge in [-0.05, 0) is 18.6 Å². The number of anilines is 1. The molecule has 1 aromatic heterocycles. The smallest absolute Gasteiger partial charge is 0.0992 e. The molecule has 0 atom stereocenters. The SMILES string of the molecule is CCCNc1ccccc1-n1ccnc1. The van der Waals surface area contributed by atoms with Gasteiger partial charge in [-0.2, -0.15) is 0 Å². The van der Waals surface area contributed by atoms with Crippen molar-refractivity contribution in [2.45, 2.75) is 13.3 Å². The highest BCUT2D eigenvalue weighted by Gasteiger charge is 2.01. The molecule has 15 heavy (non-hydrogen) atoms. The first-order valence-electron chi connectivity index (χ1n) is 5.23. The Bertz CT molecular complexity index is 407. The highest BCUT2D eigenvalue weighted by molar-refractivity contribution is 5.60. The summed E-state index contributed by atoms with van der Waals surface area (Å²) in [6, 6.07) is 8.25. The van der Waals surface area contributed by atoms with Crippen LogP contribution in [0.25, 0.3) is 5.69 Å². The summed E-state index contributed by atoms with van der Waals surface area (Å²) in [5, 5.41) is 3.40. The number of imidazole rings is 1. The van der Waals surface area contributed by atoms with Gasteiger partial charge in [-0.15, -0.1) is 0 Å². The third-order valence-electron chi connectivity index (χ3n) is 2.25. The third kappa shape index (κ3) is 2.18. The summed E-state index contributed by atoms with van der Waals surface area (Å²) in [7, 11) is 0. The summed E-state index contributed by atoms with van der Waals surface area (Å²) in [5.41, 5.74) is 2.29. The van der Waals surface area contributed by atoms with E-state index in [1.165, 1.54) is 0 Å². The monoisotopic (exact) mass is 201 g/mol. The van der Waals surface area contributed by atoms with Crippen molar-refractivity contribution in [3.05, 3.63) is 43.0 Å². The fourth-order valence-corrected chi connectivity index (χ4v) is 1.51. The summed E-state index contributed by atoms with van der Waals surface area (Å²) in [5.74, 6) is 0. The van der Waals surface area contributed by atoms with E-state index in [0.717, 1.165) is 24.3 Å². The van der Waals surface area contributed by atoms with E-state index in [2.05, 4.69) is 29.4 Å². The molecule has 3 nitrogen and oxygen atoms in total. The second-order valence-electron chi connectivity index (χ2n) is 3.41. The molecule has 0 spiro atoms. The van der Waals surface area contributed by atoms with Crippen molar-refractivity contribution in [2.24, 2.45) is 0 Å². The van der Waals surface area contributed by atoms with Crippen molar-refractivity contribution in [1.29, 1.82) is 0 Å². The van der Waals surface area contributed by atoms with E-state index in [1.807, 2.05) is 29.2 Å². The molecular formula is C12H15N3. The number of nitrogens with zero attached hydrogens (tertiary/aromatic N) is 2. The Balaban J connectivity index is 2.30. The van der Waals surface area contributed by atoms with Crippen LogP contribution in [0, 0.1) is 0 Å². The number of rotatable bonds is 4. The predicted molar refractivity (Wildman–Crippen MR) is 62.3 cm³/mol. The molecule has 0 aliphatic carbocycles. The van der Waals surface area contributed by atoms with Crippen LogP contribution in [0.5, 0.6) is 0 Å². The highest BCUT2D eigenvalue weighted by atomic mass is 15.0. The van der Waals surface area contributed by atoms with Gasteiger partial charge < -0.3 is 9.88 Å². The molecule has 0 aliphatic heterocycles. The van der Waals surface area contributed by atoms with Gasteiger partial charge in [0.15, 0.2) is 0 Å². The Morgan fingerprint density at radius 3 is 2.93 bits per heavy atom. The average Bonchev–Trinajstić information content (AvgIpc) is 2.80. The zero-order valence-electron chi connectivity index (χ0n) is 8.85. The average molecular weight is 201 g/mol. The first-order chi connectivity index (χ1) is 7.42. The molecule has 0 unspecified atom stereocenters. The second-order valence-corrected chi connectivity index (χ2v) is 3.41. The van der Waals surface area contributed by atoms with Crippen molar-refractivity contribution in [1.82, 2.24) is 9.55 Å². The van der Waals surface area contributed by atoms with E-state index in [9.17, 15) is 0 Å². The Morgan fingerprint density at radius 2 is 2.20 bits per heavy atom. The van der Waals surface area contributed by atoms with E-state index in [4.69, 9.17) is 0 Å². The molecule has 0 aliphatic rings. The lowest BCUT2D eigenvalue weighted by atomic mass is 10.2. The fraction of sp³-hybridized carbons (Fsp3) is 0.250. The van der Waals surface area contributed by atoms with Crippen molar-refractivity contribution in [3.63, 3.8) is 0 Å². The third-order valence-corrected chi connectivity index (χ3v) is 2.25. The van der Waals surface area contributed by atoms with Gasteiger partial charge in [0.2, 0.25) is 0 Å². The van der Waals surface area contributed by atoms with Crippen LogP contribution in [0.3, 0.4) is 0 Å². The van der Waals surface area contributed by atoms with Crippen molar-refractivity contribution < 1.29 is 0 Å². The maximum Gasteiger partial charge on any atom is 0.0992 e. The number of benzene rings is 1. The van der Waals surface area contributed by atoms with E-state index < -0.39 is 0 Å². The zero-order chi connectivity index (χ0) is 10.5. The molecule has 1 N–H and O–H groups in total. The van der Waals surface area contributed by atoms with Crippen LogP contribution in [0.2, 0.25) is 0 Å². The lowest BCUT2D eigenvalue weighted by Crippen LogP contribution is -2.03. The van der Waals surface area contributed by atoms with E-state index in [-0.39, 0.29) is 0 Å². The van der Waals surface area contributed by atoms with Gasteiger partial charge in [-0.25, -0.2) is 4.98 Å². The molecule has 78 valence electrons. The molecule has 2 aromatic rings. The maximum atomic E-state index is 4.06. The Hall–Kier alpha value is -1.77. The standard InChI is InChI=1S/C12H15N3/c1-2-7-14-11-5-3-4-6-12(11)15-9-8-13-10-15/h3-6,8-10,14H,2,7H2,1H3. The van der Waals surface area contributed by atoms with Crippen molar-refractivity contribution >= 4 is 5.69 Å². The highest BCUT2D eigenvalue weighted by Crippen LogP contribution is 2.19. The van der Waals surface area contributed by atoms with Gasteiger partial charge in [-0.1, -0.05) is 19.1 Å². The molecule has 0 fully saturated rings. The number of para-hydroxylation sites is 2. The fourth-order valence-electron chi connectivity index (χ4n) is 1.51. The van der Waals surface area contributed by atoms with Crippen LogP contribution >= 0.6 is 0 Å². The minimum absolute atomic E-state index is 0.992. The van der Waals surface area contributed by atoms with Gasteiger partial charge in [0.25, 0.3) is 0 Å². The van der Waals surface area contributed by atoms with Gasteiger partial charge in [0.05, 0.1) is 17.7 Å². The van der Waals surface area contributed by atoms with E-state index in [1.54, 1.807) is 6.20 Å². The normalized spacial score (nSPS) is 10.2. The summed E-state index contributed by atoms with van der Waals surface area (Å²) in [4.78, 5) is 4.06. The van der Waals surface area contributed by atoms with Gasteiger partial charge in [0.1, 0.15) is 0 Å². The lowest BCUT2D eigenvalue weighted by molar-refractivity contribution is 0.969. The van der Waals surface area contributed by atoms with Crippen LogP contribution in [0.1, 0.15) is 13.3 Å². The molecule has 2 rings (SSSR count). The molecule has 1 heterocycles. The van der Waals surface area contributed by atoms with E-state index in [0.29, 0.717) is 0 Å². The maximum absolute atomic E-state index is 4.06. The topological polar surface area (TPSA) is 29.9 Å². The van der Waals surface area contributed by atoms with Gasteiger partial charge in [-0.3, -0.25) is 0 Å².